The molecule has 0 spiro atoms. The summed E-state index contributed by atoms with van der Waals surface area (Å²) < 4.78 is 1.91. The first-order valence-electron chi connectivity index (χ1n) is 7.79. The normalized spacial score (nSPS) is 17.0. The first-order chi connectivity index (χ1) is 10.6. The molecule has 5 nitrogen and oxygen atoms in total. The number of carbonyl (C=O) groups excluding carboxylic acids is 1. The van der Waals surface area contributed by atoms with Crippen LogP contribution >= 0.6 is 0 Å². The van der Waals surface area contributed by atoms with Gasteiger partial charge in [-0.25, -0.2) is 4.68 Å². The summed E-state index contributed by atoms with van der Waals surface area (Å²) in [6.07, 6.45) is 4.47. The van der Waals surface area contributed by atoms with Crippen molar-refractivity contribution in [2.75, 3.05) is 5.32 Å². The standard InChI is InChI=1S/C17H22N4O/c1-12(13-7-8-13)21-16(9-10-19-21)20-17(22)11-15(18)14-5-3-2-4-6-14/h2-6,9-10,12-13,15H,7-8,11,18H2,1H3,(H,20,22). The second-order valence-corrected chi connectivity index (χ2v) is 6.01. The molecule has 116 valence electrons. The number of benzene rings is 1. The Labute approximate surface area is 130 Å². The van der Waals surface area contributed by atoms with E-state index in [1.807, 2.05) is 41.1 Å². The second-order valence-electron chi connectivity index (χ2n) is 6.01. The number of hydrogen-bond donors (Lipinski definition) is 2. The highest BCUT2D eigenvalue weighted by atomic mass is 16.1. The maximum Gasteiger partial charge on any atom is 0.227 e. The molecular formula is C17H22N4O. The highest BCUT2D eigenvalue weighted by molar-refractivity contribution is 5.90. The lowest BCUT2D eigenvalue weighted by molar-refractivity contribution is -0.116. The smallest absolute Gasteiger partial charge is 0.227 e. The van der Waals surface area contributed by atoms with E-state index < -0.39 is 0 Å². The Hall–Kier alpha value is -2.14. The third kappa shape index (κ3) is 3.36. The Balaban J connectivity index is 1.61. The zero-order valence-corrected chi connectivity index (χ0v) is 12.8. The molecule has 2 aromatic rings. The molecule has 22 heavy (non-hydrogen) atoms. The molecule has 1 aromatic carbocycles. The monoisotopic (exact) mass is 298 g/mol. The summed E-state index contributed by atoms with van der Waals surface area (Å²) in [4.78, 5) is 12.2. The fraction of sp³-hybridized carbons (Fsp3) is 0.412. The van der Waals surface area contributed by atoms with Crippen LogP contribution in [0.4, 0.5) is 5.82 Å². The van der Waals surface area contributed by atoms with Gasteiger partial charge >= 0.3 is 0 Å². The first kappa shape index (κ1) is 14.8. The zero-order valence-electron chi connectivity index (χ0n) is 12.8. The molecule has 1 fully saturated rings. The highest BCUT2D eigenvalue weighted by Gasteiger charge is 2.30. The molecule has 1 aliphatic carbocycles. The predicted molar refractivity (Wildman–Crippen MR) is 86.3 cm³/mol. The molecule has 0 radical (unpaired) electrons. The minimum Gasteiger partial charge on any atom is -0.324 e. The van der Waals surface area contributed by atoms with Gasteiger partial charge in [-0.05, 0) is 31.2 Å². The fourth-order valence-corrected chi connectivity index (χ4v) is 2.73. The van der Waals surface area contributed by atoms with E-state index in [2.05, 4.69) is 17.3 Å². The molecular weight excluding hydrogens is 276 g/mol. The molecule has 0 aliphatic heterocycles. The number of rotatable bonds is 6. The summed E-state index contributed by atoms with van der Waals surface area (Å²) in [5.41, 5.74) is 7.07. The lowest BCUT2D eigenvalue weighted by Crippen LogP contribution is -2.23. The zero-order chi connectivity index (χ0) is 15.5. The Morgan fingerprint density at radius 1 is 1.36 bits per heavy atom. The molecule has 5 heteroatoms. The fourth-order valence-electron chi connectivity index (χ4n) is 2.73. The summed E-state index contributed by atoms with van der Waals surface area (Å²) in [6, 6.07) is 11.6. The van der Waals surface area contributed by atoms with Gasteiger partial charge in [0.15, 0.2) is 0 Å². The van der Waals surface area contributed by atoms with Crippen LogP contribution in [0.3, 0.4) is 0 Å². The number of anilines is 1. The van der Waals surface area contributed by atoms with E-state index in [-0.39, 0.29) is 18.4 Å². The summed E-state index contributed by atoms with van der Waals surface area (Å²) in [5, 5.41) is 7.27. The molecule has 1 aromatic heterocycles. The molecule has 1 amide bonds. The van der Waals surface area contributed by atoms with Gasteiger partial charge in [0.05, 0.1) is 12.2 Å². The van der Waals surface area contributed by atoms with E-state index in [4.69, 9.17) is 5.73 Å². The van der Waals surface area contributed by atoms with Crippen LogP contribution in [-0.4, -0.2) is 15.7 Å². The Bertz CT molecular complexity index is 633. The van der Waals surface area contributed by atoms with Gasteiger partial charge in [0.2, 0.25) is 5.91 Å². The summed E-state index contributed by atoms with van der Waals surface area (Å²) in [6.45, 7) is 2.15. The third-order valence-electron chi connectivity index (χ3n) is 4.26. The Morgan fingerprint density at radius 2 is 2.09 bits per heavy atom. The highest BCUT2D eigenvalue weighted by Crippen LogP contribution is 2.40. The average Bonchev–Trinajstić information content (AvgIpc) is 3.28. The molecule has 2 atom stereocenters. The SMILES string of the molecule is CC(C1CC1)n1nccc1NC(=O)CC(N)c1ccccc1. The van der Waals surface area contributed by atoms with E-state index in [1.165, 1.54) is 12.8 Å². The summed E-state index contributed by atoms with van der Waals surface area (Å²) in [7, 11) is 0. The predicted octanol–water partition coefficient (Wildman–Crippen LogP) is 2.88. The molecule has 1 aliphatic rings. The van der Waals surface area contributed by atoms with Crippen LogP contribution < -0.4 is 11.1 Å². The van der Waals surface area contributed by atoms with E-state index in [0.717, 1.165) is 11.4 Å². The van der Waals surface area contributed by atoms with Gasteiger partial charge in [0.25, 0.3) is 0 Å². The van der Waals surface area contributed by atoms with Gasteiger partial charge in [-0.3, -0.25) is 4.79 Å². The van der Waals surface area contributed by atoms with Crippen molar-refractivity contribution < 1.29 is 4.79 Å². The summed E-state index contributed by atoms with van der Waals surface area (Å²) in [5.74, 6) is 1.35. The minimum absolute atomic E-state index is 0.0823. The van der Waals surface area contributed by atoms with Gasteiger partial charge in [-0.1, -0.05) is 30.3 Å². The Kier molecular flexibility index (Phi) is 4.24. The molecule has 0 bridgehead atoms. The van der Waals surface area contributed by atoms with Gasteiger partial charge in [0, 0.05) is 18.5 Å². The van der Waals surface area contributed by atoms with Gasteiger partial charge < -0.3 is 11.1 Å². The number of nitrogens with two attached hydrogens (primary N) is 1. The van der Waals surface area contributed by atoms with E-state index in [9.17, 15) is 4.79 Å². The van der Waals surface area contributed by atoms with Crippen molar-refractivity contribution in [3.8, 4) is 0 Å². The van der Waals surface area contributed by atoms with Gasteiger partial charge in [0.1, 0.15) is 5.82 Å². The molecule has 3 rings (SSSR count). The van der Waals surface area contributed by atoms with E-state index >= 15 is 0 Å². The van der Waals surface area contributed by atoms with Crippen LogP contribution in [0.15, 0.2) is 42.6 Å². The van der Waals surface area contributed by atoms with Crippen LogP contribution in [0, 0.1) is 5.92 Å². The van der Waals surface area contributed by atoms with Gasteiger partial charge in [-0.2, -0.15) is 5.10 Å². The quantitative estimate of drug-likeness (QED) is 0.861. The van der Waals surface area contributed by atoms with Crippen molar-refractivity contribution in [1.29, 1.82) is 0 Å². The first-order valence-corrected chi connectivity index (χ1v) is 7.79. The van der Waals surface area contributed by atoms with Crippen molar-refractivity contribution in [2.24, 2.45) is 11.7 Å². The van der Waals surface area contributed by atoms with Crippen LogP contribution in [0.2, 0.25) is 0 Å². The van der Waals surface area contributed by atoms with E-state index in [0.29, 0.717) is 12.0 Å². The lowest BCUT2D eigenvalue weighted by Gasteiger charge is -2.16. The largest absolute Gasteiger partial charge is 0.324 e. The number of nitrogens with one attached hydrogen (secondary N) is 1. The molecule has 2 unspecified atom stereocenters. The van der Waals surface area contributed by atoms with Crippen LogP contribution in [-0.2, 0) is 4.79 Å². The number of aromatic nitrogens is 2. The van der Waals surface area contributed by atoms with Crippen molar-refractivity contribution >= 4 is 11.7 Å². The number of hydrogen-bond acceptors (Lipinski definition) is 3. The minimum atomic E-state index is -0.293. The van der Waals surface area contributed by atoms with Crippen molar-refractivity contribution in [3.05, 3.63) is 48.2 Å². The molecule has 0 saturated heterocycles. The molecule has 1 saturated carbocycles. The maximum absolute atomic E-state index is 12.2. The number of amides is 1. The van der Waals surface area contributed by atoms with Crippen LogP contribution in [0.1, 0.15) is 43.8 Å². The number of carbonyl (C=O) groups is 1. The average molecular weight is 298 g/mol. The maximum atomic E-state index is 12.2. The van der Waals surface area contributed by atoms with Crippen molar-refractivity contribution in [2.45, 2.75) is 38.3 Å². The van der Waals surface area contributed by atoms with Crippen molar-refractivity contribution in [3.63, 3.8) is 0 Å². The molecule has 3 N–H and O–H groups in total. The van der Waals surface area contributed by atoms with Crippen LogP contribution in [0.5, 0.6) is 0 Å². The third-order valence-corrected chi connectivity index (χ3v) is 4.26. The second kappa shape index (κ2) is 6.32. The van der Waals surface area contributed by atoms with Crippen LogP contribution in [0.25, 0.3) is 0 Å². The molecule has 1 heterocycles. The Morgan fingerprint density at radius 3 is 2.77 bits per heavy atom. The van der Waals surface area contributed by atoms with Crippen molar-refractivity contribution in [1.82, 2.24) is 9.78 Å². The van der Waals surface area contributed by atoms with Gasteiger partial charge in [-0.15, -0.1) is 0 Å². The summed E-state index contributed by atoms with van der Waals surface area (Å²) >= 11 is 0. The number of nitrogens with zero attached hydrogens (tertiary/aromatic N) is 2. The topological polar surface area (TPSA) is 72.9 Å². The lowest BCUT2D eigenvalue weighted by atomic mass is 10.0. The van der Waals surface area contributed by atoms with E-state index in [1.54, 1.807) is 6.20 Å².